The molecule has 0 fully saturated rings. The second kappa shape index (κ2) is 8.66. The van der Waals surface area contributed by atoms with Gasteiger partial charge in [0.2, 0.25) is 6.71 Å². The summed E-state index contributed by atoms with van der Waals surface area (Å²) in [5.41, 5.74) is 11.7. The summed E-state index contributed by atoms with van der Waals surface area (Å²) < 4.78 is 3.44. The maximum atomic E-state index is 3.75. The van der Waals surface area contributed by atoms with Crippen LogP contribution in [0, 0.1) is 24.3 Å². The monoisotopic (exact) mass is 655 g/mol. The van der Waals surface area contributed by atoms with Crippen LogP contribution in [0.1, 0.15) is 16.7 Å². The second-order valence-electron chi connectivity index (χ2n) is 8.46. The van der Waals surface area contributed by atoms with E-state index in [-0.39, 0.29) is 6.71 Å². The molecule has 158 valence electrons. The van der Waals surface area contributed by atoms with Crippen LogP contribution in [0.3, 0.4) is 0 Å². The molecule has 0 atom stereocenters. The molecule has 4 aromatic rings. The van der Waals surface area contributed by atoms with Gasteiger partial charge < -0.3 is 4.90 Å². The number of nitrogens with zero attached hydrogens (tertiary/aromatic N) is 1. The first-order valence-electron chi connectivity index (χ1n) is 10.6. The zero-order valence-electron chi connectivity index (χ0n) is 18.1. The summed E-state index contributed by atoms with van der Waals surface area (Å²) in [6, 6.07) is 26.8. The van der Waals surface area contributed by atoms with Crippen molar-refractivity contribution in [3.05, 3.63) is 102 Å². The van der Waals surface area contributed by atoms with Gasteiger partial charge in [-0.1, -0.05) is 78.3 Å². The highest BCUT2D eigenvalue weighted by atomic mass is 127. The van der Waals surface area contributed by atoms with Crippen molar-refractivity contribution in [2.24, 2.45) is 0 Å². The van der Waals surface area contributed by atoms with E-state index in [0.29, 0.717) is 0 Å². The third-order valence-electron chi connectivity index (χ3n) is 6.19. The Hall–Kier alpha value is -1.57. The van der Waals surface area contributed by atoms with Crippen LogP contribution in [0.15, 0.2) is 81.7 Å². The number of anilines is 3. The van der Waals surface area contributed by atoms with Crippen LogP contribution in [0.4, 0.5) is 17.1 Å². The van der Waals surface area contributed by atoms with Gasteiger partial charge in [0.15, 0.2) is 0 Å². The van der Waals surface area contributed by atoms with Crippen LogP contribution in [0.5, 0.6) is 0 Å². The topological polar surface area (TPSA) is 3.24 Å². The molecule has 1 aliphatic heterocycles. The number of hydrogen-bond acceptors (Lipinski definition) is 1. The first kappa shape index (κ1) is 22.2. The largest absolute Gasteiger partial charge is 0.312 e. The van der Waals surface area contributed by atoms with E-state index in [1.165, 1.54) is 53.7 Å². The van der Waals surface area contributed by atoms with Gasteiger partial charge in [0, 0.05) is 29.6 Å². The lowest BCUT2D eigenvalue weighted by Crippen LogP contribution is -2.58. The van der Waals surface area contributed by atoms with E-state index in [4.69, 9.17) is 0 Å². The minimum absolute atomic E-state index is 0.163. The lowest BCUT2D eigenvalue weighted by atomic mass is 9.34. The molecular formula is C27H21BBr2IN. The first-order chi connectivity index (χ1) is 15.3. The van der Waals surface area contributed by atoms with E-state index >= 15 is 0 Å². The molecule has 0 radical (unpaired) electrons. The zero-order chi connectivity index (χ0) is 22.6. The molecule has 5 heteroatoms. The normalized spacial score (nSPS) is 12.6. The molecule has 32 heavy (non-hydrogen) atoms. The number of hydrogen-bond donors (Lipinski definition) is 0. The van der Waals surface area contributed by atoms with Gasteiger partial charge in [-0.3, -0.25) is 0 Å². The van der Waals surface area contributed by atoms with Crippen LogP contribution in [-0.4, -0.2) is 6.71 Å². The van der Waals surface area contributed by atoms with E-state index in [1.54, 1.807) is 0 Å². The number of halogens is 3. The highest BCUT2D eigenvalue weighted by Crippen LogP contribution is 2.37. The Bertz CT molecular complexity index is 1270. The molecular weight excluding hydrogens is 636 g/mol. The molecule has 5 rings (SSSR count). The van der Waals surface area contributed by atoms with E-state index in [2.05, 4.69) is 153 Å². The van der Waals surface area contributed by atoms with E-state index in [0.717, 1.165) is 8.95 Å². The van der Waals surface area contributed by atoms with Crippen molar-refractivity contribution >= 4 is 94.6 Å². The molecule has 4 aromatic carbocycles. The molecule has 0 saturated carbocycles. The Labute approximate surface area is 220 Å². The number of rotatable bonds is 2. The minimum atomic E-state index is 0.163. The molecule has 1 nitrogen and oxygen atoms in total. The summed E-state index contributed by atoms with van der Waals surface area (Å²) in [5.74, 6) is 0. The van der Waals surface area contributed by atoms with Crippen molar-refractivity contribution < 1.29 is 0 Å². The van der Waals surface area contributed by atoms with Gasteiger partial charge in [0.25, 0.3) is 0 Å². The molecule has 0 aromatic heterocycles. The number of fused-ring (bicyclic) bond motifs is 2. The molecule has 0 amide bonds. The van der Waals surface area contributed by atoms with Crippen molar-refractivity contribution in [1.29, 1.82) is 0 Å². The van der Waals surface area contributed by atoms with Gasteiger partial charge in [-0.25, -0.2) is 0 Å². The molecule has 1 heterocycles. The van der Waals surface area contributed by atoms with Crippen LogP contribution in [-0.2, 0) is 0 Å². The van der Waals surface area contributed by atoms with Crippen molar-refractivity contribution in [1.82, 2.24) is 0 Å². The van der Waals surface area contributed by atoms with Crippen LogP contribution >= 0.6 is 54.5 Å². The molecule has 0 unspecified atom stereocenters. The van der Waals surface area contributed by atoms with Crippen molar-refractivity contribution in [2.45, 2.75) is 20.8 Å². The maximum Gasteiger partial charge on any atom is 0.247 e. The fourth-order valence-electron chi connectivity index (χ4n) is 5.04. The Kier molecular flexibility index (Phi) is 6.02. The van der Waals surface area contributed by atoms with Crippen LogP contribution in [0.25, 0.3) is 0 Å². The fraction of sp³-hybridized carbons (Fsp3) is 0.111. The predicted octanol–water partition coefficient (Wildman–Crippen LogP) is 7.04. The SMILES string of the molecule is Cc1cc(C)c(B2c3cc(Br)ccc3N(c3ccc(I)cc3)c3ccc(Br)cc32)c(C)c1. The summed E-state index contributed by atoms with van der Waals surface area (Å²) in [4.78, 5) is 2.40. The first-order valence-corrected chi connectivity index (χ1v) is 13.2. The molecule has 0 aliphatic carbocycles. The Morgan fingerprint density at radius 1 is 0.688 bits per heavy atom. The molecule has 1 aliphatic rings. The summed E-state index contributed by atoms with van der Waals surface area (Å²) in [6.07, 6.45) is 0. The maximum absolute atomic E-state index is 3.75. The van der Waals surface area contributed by atoms with Crippen LogP contribution in [0.2, 0.25) is 0 Å². The Morgan fingerprint density at radius 2 is 1.19 bits per heavy atom. The second-order valence-corrected chi connectivity index (χ2v) is 11.5. The summed E-state index contributed by atoms with van der Waals surface area (Å²) in [7, 11) is 0. The average Bonchev–Trinajstić information content (AvgIpc) is 2.74. The molecule has 0 saturated heterocycles. The third kappa shape index (κ3) is 3.86. The molecule has 0 N–H and O–H groups in total. The van der Waals surface area contributed by atoms with Gasteiger partial charge in [-0.2, -0.15) is 0 Å². The Morgan fingerprint density at radius 3 is 1.69 bits per heavy atom. The van der Waals surface area contributed by atoms with Gasteiger partial charge >= 0.3 is 0 Å². The average molecular weight is 657 g/mol. The van der Waals surface area contributed by atoms with Gasteiger partial charge in [-0.15, -0.1) is 0 Å². The van der Waals surface area contributed by atoms with Crippen molar-refractivity contribution in [3.63, 3.8) is 0 Å². The zero-order valence-corrected chi connectivity index (χ0v) is 23.4. The molecule has 0 bridgehead atoms. The smallest absolute Gasteiger partial charge is 0.247 e. The molecule has 0 spiro atoms. The predicted molar refractivity (Wildman–Crippen MR) is 155 cm³/mol. The lowest BCUT2D eigenvalue weighted by molar-refractivity contribution is 1.28. The number of aryl methyl sites for hydroxylation is 3. The quantitative estimate of drug-likeness (QED) is 0.146. The summed E-state index contributed by atoms with van der Waals surface area (Å²) >= 11 is 9.87. The van der Waals surface area contributed by atoms with E-state index in [9.17, 15) is 0 Å². The Balaban J connectivity index is 1.85. The summed E-state index contributed by atoms with van der Waals surface area (Å²) in [6.45, 7) is 6.83. The summed E-state index contributed by atoms with van der Waals surface area (Å²) in [5, 5.41) is 0. The van der Waals surface area contributed by atoms with E-state index in [1.807, 2.05) is 0 Å². The fourth-order valence-corrected chi connectivity index (χ4v) is 6.16. The lowest BCUT2D eigenvalue weighted by Gasteiger charge is -2.38. The minimum Gasteiger partial charge on any atom is -0.312 e. The van der Waals surface area contributed by atoms with Gasteiger partial charge in [0.05, 0.1) is 0 Å². The highest BCUT2D eigenvalue weighted by Gasteiger charge is 2.37. The van der Waals surface area contributed by atoms with Gasteiger partial charge in [-0.05, 0) is 103 Å². The third-order valence-corrected chi connectivity index (χ3v) is 7.90. The number of benzene rings is 4. The van der Waals surface area contributed by atoms with Crippen molar-refractivity contribution in [2.75, 3.05) is 4.90 Å². The van der Waals surface area contributed by atoms with Crippen LogP contribution < -0.4 is 21.3 Å². The van der Waals surface area contributed by atoms with Crippen molar-refractivity contribution in [3.8, 4) is 0 Å². The highest BCUT2D eigenvalue weighted by molar-refractivity contribution is 14.1. The van der Waals surface area contributed by atoms with Gasteiger partial charge in [0.1, 0.15) is 0 Å². The standard InChI is InChI=1S/C27H21BBr2IN/c1-16-12-17(2)27(18(3)13-16)28-23-14-19(29)4-10-25(23)32(22-8-6-21(31)7-9-22)26-11-5-20(30)15-24(26)28/h4-15H,1-3H3. The van der Waals surface area contributed by atoms with E-state index < -0.39 is 0 Å².